The fourth-order valence-corrected chi connectivity index (χ4v) is 3.23. The number of carbonyl (C=O) groups is 1. The number of halogens is 1. The summed E-state index contributed by atoms with van der Waals surface area (Å²) in [5.74, 6) is 0. The number of amides is 2. The molecule has 1 aliphatic heterocycles. The molecule has 0 bridgehead atoms. The van der Waals surface area contributed by atoms with Crippen LogP contribution in [0.3, 0.4) is 0 Å². The van der Waals surface area contributed by atoms with Crippen LogP contribution in [-0.2, 0) is 10.0 Å². The summed E-state index contributed by atoms with van der Waals surface area (Å²) < 4.78 is 22.9. The molecule has 0 atom stereocenters. The SMILES string of the molecule is NS(=O)(=O)c1ccc(NC(=O)N2CCCCC2)c(Br)c1. The van der Waals surface area contributed by atoms with E-state index >= 15 is 0 Å². The Morgan fingerprint density at radius 1 is 1.25 bits per heavy atom. The molecule has 0 saturated carbocycles. The summed E-state index contributed by atoms with van der Waals surface area (Å²) in [5.41, 5.74) is 0.521. The van der Waals surface area contributed by atoms with Crippen LogP contribution in [0.2, 0.25) is 0 Å². The Bertz CT molecular complexity index is 612. The molecule has 8 heteroatoms. The fourth-order valence-electron chi connectivity index (χ4n) is 2.07. The number of nitrogens with two attached hydrogens (primary N) is 1. The van der Waals surface area contributed by atoms with Crippen molar-refractivity contribution in [3.05, 3.63) is 22.7 Å². The summed E-state index contributed by atoms with van der Waals surface area (Å²) in [4.78, 5) is 13.8. The number of piperidine rings is 1. The topological polar surface area (TPSA) is 92.5 Å². The molecular formula is C12H16BrN3O3S. The number of likely N-dealkylation sites (tertiary alicyclic amines) is 1. The quantitative estimate of drug-likeness (QED) is 0.844. The van der Waals surface area contributed by atoms with Crippen LogP contribution in [0.1, 0.15) is 19.3 Å². The normalized spacial score (nSPS) is 16.0. The van der Waals surface area contributed by atoms with E-state index in [0.717, 1.165) is 32.4 Å². The van der Waals surface area contributed by atoms with Gasteiger partial charge in [-0.1, -0.05) is 0 Å². The lowest BCUT2D eigenvalue weighted by atomic mass is 10.1. The number of benzene rings is 1. The van der Waals surface area contributed by atoms with Gasteiger partial charge in [0, 0.05) is 17.6 Å². The van der Waals surface area contributed by atoms with Gasteiger partial charge < -0.3 is 10.2 Å². The number of anilines is 1. The van der Waals surface area contributed by atoms with Crippen LogP contribution in [0.15, 0.2) is 27.6 Å². The zero-order valence-electron chi connectivity index (χ0n) is 10.8. The minimum atomic E-state index is -3.74. The van der Waals surface area contributed by atoms with Crippen LogP contribution in [0.5, 0.6) is 0 Å². The summed E-state index contributed by atoms with van der Waals surface area (Å²) >= 11 is 3.24. The lowest BCUT2D eigenvalue weighted by Gasteiger charge is -2.27. The monoisotopic (exact) mass is 361 g/mol. The lowest BCUT2D eigenvalue weighted by Crippen LogP contribution is -2.38. The average molecular weight is 362 g/mol. The Balaban J connectivity index is 2.11. The molecule has 110 valence electrons. The van der Waals surface area contributed by atoms with Gasteiger partial charge in [0.1, 0.15) is 0 Å². The van der Waals surface area contributed by atoms with Crippen molar-refractivity contribution < 1.29 is 13.2 Å². The first-order valence-corrected chi connectivity index (χ1v) is 8.60. The molecule has 1 aromatic rings. The number of primary sulfonamides is 1. The Labute approximate surface area is 126 Å². The molecule has 0 spiro atoms. The fraction of sp³-hybridized carbons (Fsp3) is 0.417. The highest BCUT2D eigenvalue weighted by Crippen LogP contribution is 2.25. The van der Waals surface area contributed by atoms with Crippen molar-refractivity contribution in [1.82, 2.24) is 4.90 Å². The minimum absolute atomic E-state index is 0.000321. The van der Waals surface area contributed by atoms with Crippen molar-refractivity contribution in [3.63, 3.8) is 0 Å². The van der Waals surface area contributed by atoms with Gasteiger partial charge >= 0.3 is 6.03 Å². The predicted molar refractivity (Wildman–Crippen MR) is 80.0 cm³/mol. The van der Waals surface area contributed by atoms with Crippen molar-refractivity contribution >= 4 is 37.7 Å². The average Bonchev–Trinajstić information content (AvgIpc) is 2.41. The smallest absolute Gasteiger partial charge is 0.321 e. The van der Waals surface area contributed by atoms with E-state index in [-0.39, 0.29) is 10.9 Å². The maximum atomic E-state index is 12.1. The Hall–Kier alpha value is -1.12. The van der Waals surface area contributed by atoms with Gasteiger partial charge in [0.2, 0.25) is 10.0 Å². The third-order valence-electron chi connectivity index (χ3n) is 3.15. The second kappa shape index (κ2) is 6.11. The molecule has 2 rings (SSSR count). The van der Waals surface area contributed by atoms with Crippen molar-refractivity contribution in [2.24, 2.45) is 5.14 Å². The van der Waals surface area contributed by atoms with Crippen LogP contribution in [0, 0.1) is 0 Å². The van der Waals surface area contributed by atoms with E-state index < -0.39 is 10.0 Å². The van der Waals surface area contributed by atoms with E-state index in [0.29, 0.717) is 10.2 Å². The minimum Gasteiger partial charge on any atom is -0.325 e. The molecule has 3 N–H and O–H groups in total. The van der Waals surface area contributed by atoms with E-state index in [1.807, 2.05) is 0 Å². The summed E-state index contributed by atoms with van der Waals surface area (Å²) in [6.45, 7) is 1.50. The predicted octanol–water partition coefficient (Wildman–Crippen LogP) is 2.11. The third-order valence-corrected chi connectivity index (χ3v) is 4.72. The number of hydrogen-bond donors (Lipinski definition) is 2. The summed E-state index contributed by atoms with van der Waals surface area (Å²) in [5, 5.41) is 7.81. The number of urea groups is 1. The van der Waals surface area contributed by atoms with Crippen molar-refractivity contribution in [1.29, 1.82) is 0 Å². The Kier molecular flexibility index (Phi) is 4.66. The first-order valence-electron chi connectivity index (χ1n) is 6.26. The molecule has 1 aliphatic rings. The summed E-state index contributed by atoms with van der Waals surface area (Å²) in [6.07, 6.45) is 3.18. The number of sulfonamides is 1. The van der Waals surface area contributed by atoms with Crippen LogP contribution in [-0.4, -0.2) is 32.4 Å². The first kappa shape index (κ1) is 15.3. The van der Waals surface area contributed by atoms with E-state index in [9.17, 15) is 13.2 Å². The van der Waals surface area contributed by atoms with Crippen LogP contribution < -0.4 is 10.5 Å². The summed E-state index contributed by atoms with van der Waals surface area (Å²) in [7, 11) is -3.74. The van der Waals surface area contributed by atoms with Crippen LogP contribution in [0.4, 0.5) is 10.5 Å². The number of nitrogens with one attached hydrogen (secondary N) is 1. The highest BCUT2D eigenvalue weighted by molar-refractivity contribution is 9.10. The number of carbonyl (C=O) groups excluding carboxylic acids is 1. The molecule has 1 fully saturated rings. The van der Waals surface area contributed by atoms with Crippen molar-refractivity contribution in [2.45, 2.75) is 24.2 Å². The van der Waals surface area contributed by atoms with E-state index in [1.165, 1.54) is 18.2 Å². The molecular weight excluding hydrogens is 346 g/mol. The Morgan fingerprint density at radius 3 is 2.45 bits per heavy atom. The van der Waals surface area contributed by atoms with Gasteiger partial charge in [-0.05, 0) is 53.4 Å². The molecule has 1 aromatic carbocycles. The lowest BCUT2D eigenvalue weighted by molar-refractivity contribution is 0.200. The van der Waals surface area contributed by atoms with Crippen LogP contribution in [0.25, 0.3) is 0 Å². The zero-order valence-corrected chi connectivity index (χ0v) is 13.2. The second-order valence-electron chi connectivity index (χ2n) is 4.66. The molecule has 6 nitrogen and oxygen atoms in total. The number of hydrogen-bond acceptors (Lipinski definition) is 3. The molecule has 0 aliphatic carbocycles. The van der Waals surface area contributed by atoms with E-state index in [2.05, 4.69) is 21.2 Å². The van der Waals surface area contributed by atoms with Crippen LogP contribution >= 0.6 is 15.9 Å². The number of nitrogens with zero attached hydrogens (tertiary/aromatic N) is 1. The van der Waals surface area contributed by atoms with Gasteiger partial charge in [-0.3, -0.25) is 0 Å². The molecule has 0 unspecified atom stereocenters. The largest absolute Gasteiger partial charge is 0.325 e. The van der Waals surface area contributed by atoms with E-state index in [1.54, 1.807) is 4.90 Å². The van der Waals surface area contributed by atoms with Crippen molar-refractivity contribution in [3.8, 4) is 0 Å². The van der Waals surface area contributed by atoms with Gasteiger partial charge in [0.25, 0.3) is 0 Å². The standard InChI is InChI=1S/C12H16BrN3O3S/c13-10-8-9(20(14,18)19)4-5-11(10)15-12(17)16-6-2-1-3-7-16/h4-5,8H,1-3,6-7H2,(H,15,17)(H2,14,18,19). The van der Waals surface area contributed by atoms with Gasteiger partial charge in [-0.2, -0.15) is 0 Å². The van der Waals surface area contributed by atoms with Crippen molar-refractivity contribution in [2.75, 3.05) is 18.4 Å². The third kappa shape index (κ3) is 3.71. The second-order valence-corrected chi connectivity index (χ2v) is 7.08. The molecule has 0 aromatic heterocycles. The van der Waals surface area contributed by atoms with Gasteiger partial charge in [0.15, 0.2) is 0 Å². The molecule has 0 radical (unpaired) electrons. The highest BCUT2D eigenvalue weighted by atomic mass is 79.9. The number of rotatable bonds is 2. The summed E-state index contributed by atoms with van der Waals surface area (Å²) in [6, 6.07) is 4.09. The Morgan fingerprint density at radius 2 is 1.90 bits per heavy atom. The molecule has 20 heavy (non-hydrogen) atoms. The van der Waals surface area contributed by atoms with E-state index in [4.69, 9.17) is 5.14 Å². The highest BCUT2D eigenvalue weighted by Gasteiger charge is 2.18. The molecule has 2 amide bonds. The maximum Gasteiger partial charge on any atom is 0.321 e. The van der Waals surface area contributed by atoms with Gasteiger partial charge in [-0.15, -0.1) is 0 Å². The van der Waals surface area contributed by atoms with Gasteiger partial charge in [0.05, 0.1) is 10.6 Å². The first-order chi connectivity index (χ1) is 9.38. The maximum absolute atomic E-state index is 12.1. The molecule has 1 saturated heterocycles. The van der Waals surface area contributed by atoms with Gasteiger partial charge in [-0.25, -0.2) is 18.4 Å². The zero-order chi connectivity index (χ0) is 14.8. The molecule has 1 heterocycles.